The molecule has 24 heavy (non-hydrogen) atoms. The molecule has 1 heterocycles. The van der Waals surface area contributed by atoms with E-state index in [2.05, 4.69) is 9.55 Å². The van der Waals surface area contributed by atoms with Crippen LogP contribution in [0.15, 0.2) is 64.8 Å². The Morgan fingerprint density at radius 3 is 2.21 bits per heavy atom. The third-order valence-electron chi connectivity index (χ3n) is 3.68. The van der Waals surface area contributed by atoms with Crippen molar-refractivity contribution < 1.29 is 8.42 Å². The van der Waals surface area contributed by atoms with Crippen LogP contribution in [0.1, 0.15) is 5.56 Å². The van der Waals surface area contributed by atoms with Gasteiger partial charge in [-0.15, -0.1) is 0 Å². The summed E-state index contributed by atoms with van der Waals surface area (Å²) in [6.45, 7) is 2.04. The molecule has 3 rings (SSSR count). The average molecular weight is 359 g/mol. The highest BCUT2D eigenvalue weighted by Gasteiger charge is 2.14. The fourth-order valence-electron chi connectivity index (χ4n) is 2.44. The maximum atomic E-state index is 11.4. The first-order valence-corrected chi connectivity index (χ1v) is 9.99. The van der Waals surface area contributed by atoms with Gasteiger partial charge in [0.15, 0.2) is 5.16 Å². The van der Waals surface area contributed by atoms with Crippen molar-refractivity contribution in [3.05, 3.63) is 60.3 Å². The molecule has 0 radical (unpaired) electrons. The van der Waals surface area contributed by atoms with E-state index in [-0.39, 0.29) is 4.90 Å². The van der Waals surface area contributed by atoms with Gasteiger partial charge in [-0.25, -0.2) is 18.5 Å². The van der Waals surface area contributed by atoms with Crippen molar-refractivity contribution in [1.29, 1.82) is 0 Å². The Morgan fingerprint density at radius 1 is 1.04 bits per heavy atom. The van der Waals surface area contributed by atoms with Crippen molar-refractivity contribution in [2.75, 3.05) is 6.26 Å². The highest BCUT2D eigenvalue weighted by molar-refractivity contribution is 7.98. The summed E-state index contributed by atoms with van der Waals surface area (Å²) in [5.74, 6) is 0. The smallest absolute Gasteiger partial charge is 0.238 e. The number of imidazole rings is 1. The van der Waals surface area contributed by atoms with Gasteiger partial charge in [0, 0.05) is 11.3 Å². The molecule has 0 atom stereocenters. The summed E-state index contributed by atoms with van der Waals surface area (Å²) < 4.78 is 24.9. The van der Waals surface area contributed by atoms with Crippen LogP contribution in [0.5, 0.6) is 0 Å². The first kappa shape index (κ1) is 16.8. The van der Waals surface area contributed by atoms with E-state index >= 15 is 0 Å². The van der Waals surface area contributed by atoms with Gasteiger partial charge in [0.05, 0.1) is 16.8 Å². The number of hydrogen-bond acceptors (Lipinski definition) is 4. The van der Waals surface area contributed by atoms with Gasteiger partial charge >= 0.3 is 0 Å². The fraction of sp³-hybridized carbons (Fsp3) is 0.118. The first-order valence-electron chi connectivity index (χ1n) is 7.22. The zero-order valence-corrected chi connectivity index (χ0v) is 14.9. The zero-order chi connectivity index (χ0) is 17.3. The number of hydrogen-bond donors (Lipinski definition) is 1. The second kappa shape index (κ2) is 6.43. The first-order chi connectivity index (χ1) is 11.4. The molecule has 124 valence electrons. The Labute approximate surface area is 145 Å². The molecule has 0 bridgehead atoms. The van der Waals surface area contributed by atoms with Crippen LogP contribution in [0, 0.1) is 6.92 Å². The molecular weight excluding hydrogens is 342 g/mol. The number of thioether (sulfide) groups is 1. The van der Waals surface area contributed by atoms with Gasteiger partial charge in [0.2, 0.25) is 10.0 Å². The third kappa shape index (κ3) is 3.24. The van der Waals surface area contributed by atoms with Crippen molar-refractivity contribution in [3.8, 4) is 16.9 Å². The number of nitrogens with two attached hydrogens (primary N) is 1. The van der Waals surface area contributed by atoms with Gasteiger partial charge in [-0.3, -0.25) is 4.57 Å². The van der Waals surface area contributed by atoms with Gasteiger partial charge in [-0.05, 0) is 37.4 Å². The Morgan fingerprint density at radius 2 is 1.67 bits per heavy atom. The van der Waals surface area contributed by atoms with Crippen LogP contribution in [0.4, 0.5) is 0 Å². The van der Waals surface area contributed by atoms with Crippen LogP contribution >= 0.6 is 11.8 Å². The molecule has 2 aromatic carbocycles. The minimum atomic E-state index is -3.69. The van der Waals surface area contributed by atoms with Crippen molar-refractivity contribution in [1.82, 2.24) is 9.55 Å². The highest BCUT2D eigenvalue weighted by atomic mass is 32.2. The van der Waals surface area contributed by atoms with Crippen LogP contribution < -0.4 is 5.14 Å². The van der Waals surface area contributed by atoms with Crippen molar-refractivity contribution >= 4 is 21.8 Å². The number of benzene rings is 2. The van der Waals surface area contributed by atoms with E-state index in [1.54, 1.807) is 30.1 Å². The van der Waals surface area contributed by atoms with Gasteiger partial charge in [-0.1, -0.05) is 41.6 Å². The third-order valence-corrected chi connectivity index (χ3v) is 5.27. The van der Waals surface area contributed by atoms with Crippen molar-refractivity contribution in [2.45, 2.75) is 17.0 Å². The molecule has 5 nitrogen and oxygen atoms in total. The van der Waals surface area contributed by atoms with Crippen molar-refractivity contribution in [2.24, 2.45) is 5.14 Å². The predicted molar refractivity (Wildman–Crippen MR) is 96.9 cm³/mol. The Kier molecular flexibility index (Phi) is 4.49. The number of sulfonamides is 1. The Bertz CT molecular complexity index is 960. The summed E-state index contributed by atoms with van der Waals surface area (Å²) in [5.41, 5.74) is 3.96. The van der Waals surface area contributed by atoms with Crippen LogP contribution in [-0.4, -0.2) is 24.2 Å². The van der Waals surface area contributed by atoms with Crippen LogP contribution in [-0.2, 0) is 10.0 Å². The second-order valence-electron chi connectivity index (χ2n) is 5.37. The molecule has 7 heteroatoms. The lowest BCUT2D eigenvalue weighted by molar-refractivity contribution is 0.598. The molecule has 2 N–H and O–H groups in total. The molecule has 1 aromatic heterocycles. The summed E-state index contributed by atoms with van der Waals surface area (Å²) in [6, 6.07) is 14.7. The summed E-state index contributed by atoms with van der Waals surface area (Å²) in [7, 11) is -3.69. The molecule has 0 aliphatic heterocycles. The molecule has 0 aliphatic carbocycles. The van der Waals surface area contributed by atoms with Gasteiger partial charge in [0.1, 0.15) is 0 Å². The molecule has 0 saturated carbocycles. The summed E-state index contributed by atoms with van der Waals surface area (Å²) in [5, 5.41) is 6.02. The maximum absolute atomic E-state index is 11.4. The molecule has 0 saturated heterocycles. The van der Waals surface area contributed by atoms with Crippen LogP contribution in [0.3, 0.4) is 0 Å². The van der Waals surface area contributed by atoms with Crippen molar-refractivity contribution in [3.63, 3.8) is 0 Å². The zero-order valence-electron chi connectivity index (χ0n) is 13.3. The van der Waals surface area contributed by atoms with Gasteiger partial charge < -0.3 is 0 Å². The van der Waals surface area contributed by atoms with Gasteiger partial charge in [-0.2, -0.15) is 0 Å². The maximum Gasteiger partial charge on any atom is 0.238 e. The molecule has 3 aromatic rings. The molecule has 0 unspecified atom stereocenters. The Balaban J connectivity index is 2.12. The van der Waals surface area contributed by atoms with E-state index in [0.29, 0.717) is 0 Å². The number of aromatic nitrogens is 2. The lowest BCUT2D eigenvalue weighted by Crippen LogP contribution is -2.11. The summed E-state index contributed by atoms with van der Waals surface area (Å²) >= 11 is 1.55. The molecule has 0 spiro atoms. The summed E-state index contributed by atoms with van der Waals surface area (Å²) in [4.78, 5) is 4.56. The molecular formula is C17H17N3O2S2. The van der Waals surface area contributed by atoms with E-state index in [1.807, 2.05) is 37.4 Å². The SMILES string of the molecule is CSc1ncc(-c2ccc(S(N)(=O)=O)cc2)n1-c1ccc(C)cc1. The average Bonchev–Trinajstić information content (AvgIpc) is 2.99. The lowest BCUT2D eigenvalue weighted by atomic mass is 10.1. The Hall–Kier alpha value is -2.09. The van der Waals surface area contributed by atoms with Crippen LogP contribution in [0.25, 0.3) is 16.9 Å². The second-order valence-corrected chi connectivity index (χ2v) is 7.71. The fourth-order valence-corrected chi connectivity index (χ4v) is 3.50. The molecule has 0 fully saturated rings. The quantitative estimate of drug-likeness (QED) is 0.726. The highest BCUT2D eigenvalue weighted by Crippen LogP contribution is 2.29. The van der Waals surface area contributed by atoms with E-state index in [9.17, 15) is 8.42 Å². The van der Waals surface area contributed by atoms with Gasteiger partial charge in [0.25, 0.3) is 0 Å². The monoisotopic (exact) mass is 359 g/mol. The summed E-state index contributed by atoms with van der Waals surface area (Å²) in [6.07, 6.45) is 3.76. The molecule has 0 aliphatic rings. The number of aryl methyl sites for hydroxylation is 1. The number of rotatable bonds is 4. The van der Waals surface area contributed by atoms with E-state index < -0.39 is 10.0 Å². The number of nitrogens with zero attached hydrogens (tertiary/aromatic N) is 2. The lowest BCUT2D eigenvalue weighted by Gasteiger charge is -2.12. The van der Waals surface area contributed by atoms with E-state index in [0.717, 1.165) is 22.1 Å². The topological polar surface area (TPSA) is 78.0 Å². The van der Waals surface area contributed by atoms with Crippen LogP contribution in [0.2, 0.25) is 0 Å². The minimum absolute atomic E-state index is 0.0951. The minimum Gasteiger partial charge on any atom is -0.287 e. The predicted octanol–water partition coefficient (Wildman–Crippen LogP) is 3.22. The normalized spacial score (nSPS) is 11.6. The largest absolute Gasteiger partial charge is 0.287 e. The standard InChI is InChI=1S/C17H17N3O2S2/c1-12-3-7-14(8-4-12)20-16(11-19-17(20)23-2)13-5-9-15(10-6-13)24(18,21)22/h3-11H,1-2H3,(H2,18,21,22). The van der Waals surface area contributed by atoms with E-state index in [1.165, 1.54) is 17.7 Å². The molecule has 0 amide bonds. The van der Waals surface area contributed by atoms with E-state index in [4.69, 9.17) is 5.14 Å². The number of primary sulfonamides is 1.